The van der Waals surface area contributed by atoms with E-state index in [2.05, 4.69) is 21.2 Å². The van der Waals surface area contributed by atoms with Crippen molar-refractivity contribution in [3.63, 3.8) is 0 Å². The number of ketones is 1. The molecule has 2 aromatic rings. The zero-order chi connectivity index (χ0) is 19.1. The Labute approximate surface area is 160 Å². The Morgan fingerprint density at radius 3 is 2.23 bits per heavy atom. The van der Waals surface area contributed by atoms with Crippen molar-refractivity contribution in [2.24, 2.45) is 0 Å². The van der Waals surface area contributed by atoms with Gasteiger partial charge in [0.15, 0.2) is 11.9 Å². The summed E-state index contributed by atoms with van der Waals surface area (Å²) in [4.78, 5) is 35.2. The van der Waals surface area contributed by atoms with E-state index in [0.29, 0.717) is 11.3 Å². The lowest BCUT2D eigenvalue weighted by molar-refractivity contribution is -0.148. The van der Waals surface area contributed by atoms with E-state index in [9.17, 15) is 14.4 Å². The zero-order valence-electron chi connectivity index (χ0n) is 14.4. The molecule has 0 aliphatic heterocycles. The van der Waals surface area contributed by atoms with Crippen LogP contribution in [0.2, 0.25) is 0 Å². The molecule has 0 aliphatic carbocycles. The van der Waals surface area contributed by atoms with Crippen LogP contribution in [0, 0.1) is 0 Å². The minimum atomic E-state index is -0.954. The highest BCUT2D eigenvalue weighted by Gasteiger charge is 2.16. The topological polar surface area (TPSA) is 72.5 Å². The summed E-state index contributed by atoms with van der Waals surface area (Å²) in [6.07, 6.45) is 1.93. The SMILES string of the molecule is CC(=O)c1ccc(NC(=O)[C@H](C)OC(=O)/C=C/c2ccc(Br)cc2)cc1. The Balaban J connectivity index is 1.88. The van der Waals surface area contributed by atoms with Crippen LogP contribution in [0.3, 0.4) is 0 Å². The normalized spacial score (nSPS) is 11.8. The molecule has 0 spiro atoms. The summed E-state index contributed by atoms with van der Waals surface area (Å²) in [5.74, 6) is -1.11. The standard InChI is InChI=1S/C20H18BrNO4/c1-13(23)16-6-10-18(11-7-16)22-20(25)14(2)26-19(24)12-5-15-3-8-17(21)9-4-15/h3-12,14H,1-2H3,(H,22,25)/b12-5+/t14-/m0/s1. The van der Waals surface area contributed by atoms with Gasteiger partial charge in [-0.05, 0) is 61.9 Å². The van der Waals surface area contributed by atoms with E-state index < -0.39 is 18.0 Å². The highest BCUT2D eigenvalue weighted by atomic mass is 79.9. The number of halogens is 1. The number of amides is 1. The van der Waals surface area contributed by atoms with E-state index in [-0.39, 0.29) is 5.78 Å². The minimum Gasteiger partial charge on any atom is -0.449 e. The van der Waals surface area contributed by atoms with E-state index in [1.54, 1.807) is 30.3 Å². The van der Waals surface area contributed by atoms with Gasteiger partial charge in [-0.15, -0.1) is 0 Å². The van der Waals surface area contributed by atoms with Gasteiger partial charge in [0.25, 0.3) is 5.91 Å². The molecule has 0 saturated carbocycles. The van der Waals surface area contributed by atoms with Crippen molar-refractivity contribution in [1.82, 2.24) is 0 Å². The maximum atomic E-state index is 12.1. The molecule has 2 rings (SSSR count). The molecule has 2 aromatic carbocycles. The van der Waals surface area contributed by atoms with E-state index in [1.807, 2.05) is 24.3 Å². The molecule has 0 aliphatic rings. The van der Waals surface area contributed by atoms with Gasteiger partial charge in [-0.25, -0.2) is 4.79 Å². The molecule has 134 valence electrons. The molecule has 1 atom stereocenters. The average Bonchev–Trinajstić information content (AvgIpc) is 2.61. The quantitative estimate of drug-likeness (QED) is 0.435. The summed E-state index contributed by atoms with van der Waals surface area (Å²) in [6, 6.07) is 13.9. The third-order valence-electron chi connectivity index (χ3n) is 3.50. The monoisotopic (exact) mass is 415 g/mol. The van der Waals surface area contributed by atoms with Gasteiger partial charge in [0.1, 0.15) is 0 Å². The molecule has 1 N–H and O–H groups in total. The van der Waals surface area contributed by atoms with Crippen LogP contribution in [0.25, 0.3) is 6.08 Å². The molecule has 0 bridgehead atoms. The number of Topliss-reactive ketones (excluding diaryl/α,β-unsaturated/α-hetero) is 1. The lowest BCUT2D eigenvalue weighted by Gasteiger charge is -2.12. The van der Waals surface area contributed by atoms with Gasteiger partial charge in [0, 0.05) is 21.8 Å². The van der Waals surface area contributed by atoms with Gasteiger partial charge < -0.3 is 10.1 Å². The van der Waals surface area contributed by atoms with Crippen molar-refractivity contribution < 1.29 is 19.1 Å². The van der Waals surface area contributed by atoms with Crippen LogP contribution in [0.5, 0.6) is 0 Å². The van der Waals surface area contributed by atoms with Crippen LogP contribution in [0.1, 0.15) is 29.8 Å². The van der Waals surface area contributed by atoms with Crippen molar-refractivity contribution >= 4 is 45.4 Å². The molecule has 0 radical (unpaired) electrons. The van der Waals surface area contributed by atoms with E-state index >= 15 is 0 Å². The number of carbonyl (C=O) groups is 3. The third kappa shape index (κ3) is 5.97. The smallest absolute Gasteiger partial charge is 0.331 e. The van der Waals surface area contributed by atoms with E-state index in [1.165, 1.54) is 19.9 Å². The molecule has 5 nitrogen and oxygen atoms in total. The summed E-state index contributed by atoms with van der Waals surface area (Å²) < 4.78 is 6.03. The Hall–Kier alpha value is -2.73. The number of hydrogen-bond acceptors (Lipinski definition) is 4. The van der Waals surface area contributed by atoms with Gasteiger partial charge in [-0.2, -0.15) is 0 Å². The molecule has 1 amide bonds. The summed E-state index contributed by atoms with van der Waals surface area (Å²) in [5, 5.41) is 2.64. The molecule has 0 aromatic heterocycles. The highest BCUT2D eigenvalue weighted by molar-refractivity contribution is 9.10. The molecule has 0 heterocycles. The molecule has 0 fully saturated rings. The first-order valence-electron chi connectivity index (χ1n) is 7.91. The molecule has 26 heavy (non-hydrogen) atoms. The first kappa shape index (κ1) is 19.6. The minimum absolute atomic E-state index is 0.0530. The predicted molar refractivity (Wildman–Crippen MR) is 104 cm³/mol. The van der Waals surface area contributed by atoms with Crippen LogP contribution < -0.4 is 5.32 Å². The fraction of sp³-hybridized carbons (Fsp3) is 0.150. The van der Waals surface area contributed by atoms with Crippen molar-refractivity contribution in [2.45, 2.75) is 20.0 Å². The summed E-state index contributed by atoms with van der Waals surface area (Å²) in [5.41, 5.74) is 1.92. The highest BCUT2D eigenvalue weighted by Crippen LogP contribution is 2.12. The lowest BCUT2D eigenvalue weighted by Crippen LogP contribution is -2.29. The largest absolute Gasteiger partial charge is 0.449 e. The lowest BCUT2D eigenvalue weighted by atomic mass is 10.1. The van der Waals surface area contributed by atoms with Crippen LogP contribution in [-0.4, -0.2) is 23.8 Å². The third-order valence-corrected chi connectivity index (χ3v) is 4.03. The molecule has 0 unspecified atom stereocenters. The Morgan fingerprint density at radius 1 is 1.04 bits per heavy atom. The summed E-state index contributed by atoms with van der Waals surface area (Å²) in [6.45, 7) is 2.96. The number of carbonyl (C=O) groups excluding carboxylic acids is 3. The second kappa shape index (κ2) is 9.10. The van der Waals surface area contributed by atoms with Gasteiger partial charge >= 0.3 is 5.97 Å². The fourth-order valence-corrected chi connectivity index (χ4v) is 2.30. The summed E-state index contributed by atoms with van der Waals surface area (Å²) >= 11 is 3.34. The van der Waals surface area contributed by atoms with Crippen LogP contribution in [-0.2, 0) is 14.3 Å². The Morgan fingerprint density at radius 2 is 1.65 bits per heavy atom. The van der Waals surface area contributed by atoms with Crippen molar-refractivity contribution in [2.75, 3.05) is 5.32 Å². The second-order valence-electron chi connectivity index (χ2n) is 5.59. The number of rotatable bonds is 6. The van der Waals surface area contributed by atoms with E-state index in [4.69, 9.17) is 4.74 Å². The predicted octanol–water partition coefficient (Wildman–Crippen LogP) is 4.24. The molecular formula is C20H18BrNO4. The van der Waals surface area contributed by atoms with Crippen molar-refractivity contribution in [3.05, 3.63) is 70.2 Å². The zero-order valence-corrected chi connectivity index (χ0v) is 15.9. The van der Waals surface area contributed by atoms with Crippen LogP contribution >= 0.6 is 15.9 Å². The van der Waals surface area contributed by atoms with Gasteiger partial charge in [-0.3, -0.25) is 9.59 Å². The first-order valence-corrected chi connectivity index (χ1v) is 8.70. The van der Waals surface area contributed by atoms with Gasteiger partial charge in [0.05, 0.1) is 0 Å². The molecule has 0 saturated heterocycles. The van der Waals surface area contributed by atoms with E-state index in [0.717, 1.165) is 10.0 Å². The second-order valence-corrected chi connectivity index (χ2v) is 6.50. The van der Waals surface area contributed by atoms with Gasteiger partial charge in [-0.1, -0.05) is 28.1 Å². The number of nitrogens with one attached hydrogen (secondary N) is 1. The van der Waals surface area contributed by atoms with Crippen LogP contribution in [0.4, 0.5) is 5.69 Å². The maximum Gasteiger partial charge on any atom is 0.331 e. The molecular weight excluding hydrogens is 398 g/mol. The number of ether oxygens (including phenoxy) is 1. The Bertz CT molecular complexity index is 826. The van der Waals surface area contributed by atoms with Crippen molar-refractivity contribution in [3.8, 4) is 0 Å². The summed E-state index contributed by atoms with van der Waals surface area (Å²) in [7, 11) is 0. The number of benzene rings is 2. The van der Waals surface area contributed by atoms with Gasteiger partial charge in [0.2, 0.25) is 0 Å². The van der Waals surface area contributed by atoms with Crippen molar-refractivity contribution in [1.29, 1.82) is 0 Å². The Kier molecular flexibility index (Phi) is 6.86. The average molecular weight is 416 g/mol. The van der Waals surface area contributed by atoms with Crippen LogP contribution in [0.15, 0.2) is 59.1 Å². The first-order chi connectivity index (χ1) is 12.3. The molecule has 6 heteroatoms. The number of esters is 1. The number of anilines is 1. The maximum absolute atomic E-state index is 12.1. The fourth-order valence-electron chi connectivity index (χ4n) is 2.04. The number of hydrogen-bond donors (Lipinski definition) is 1.